The molecule has 1 aliphatic carbocycles. The van der Waals surface area contributed by atoms with Gasteiger partial charge in [0.2, 0.25) is 5.69 Å². The molecule has 0 atom stereocenters. The van der Waals surface area contributed by atoms with Crippen LogP contribution in [0.2, 0.25) is 0 Å². The van der Waals surface area contributed by atoms with E-state index in [1.807, 2.05) is 0 Å². The van der Waals surface area contributed by atoms with Crippen molar-refractivity contribution in [3.8, 4) is 0 Å². The summed E-state index contributed by atoms with van der Waals surface area (Å²) in [6.45, 7) is 1.75. The fourth-order valence-electron chi connectivity index (χ4n) is 2.61. The van der Waals surface area contributed by atoms with E-state index in [9.17, 15) is 18.0 Å². The lowest BCUT2D eigenvalue weighted by atomic mass is 9.99. The number of sulfone groups is 1. The molecule has 3 rings (SSSR count). The highest BCUT2D eigenvalue weighted by Gasteiger charge is 2.38. The summed E-state index contributed by atoms with van der Waals surface area (Å²) in [6.07, 6.45) is 2.65. The molecular weight excluding hydrogens is 426 g/mol. The van der Waals surface area contributed by atoms with Crippen molar-refractivity contribution in [2.45, 2.75) is 30.6 Å². The van der Waals surface area contributed by atoms with Crippen LogP contribution in [0, 0.1) is 0 Å². The number of rotatable bonds is 6. The molecule has 1 heterocycles. The molecule has 138 valence electrons. The summed E-state index contributed by atoms with van der Waals surface area (Å²) in [5, 5.41) is 3.72. The molecule has 1 saturated carbocycles. The van der Waals surface area contributed by atoms with E-state index in [1.54, 1.807) is 13.0 Å². The number of ether oxygens (including phenoxy) is 1. The molecule has 0 bridgehead atoms. The molecule has 1 fully saturated rings. The van der Waals surface area contributed by atoms with Gasteiger partial charge in [-0.3, -0.25) is 4.79 Å². The van der Waals surface area contributed by atoms with Crippen LogP contribution >= 0.6 is 15.9 Å². The highest BCUT2D eigenvalue weighted by atomic mass is 79.9. The Hall–Kier alpha value is -2.00. The first-order valence-corrected chi connectivity index (χ1v) is 10.6. The third-order valence-corrected chi connectivity index (χ3v) is 5.58. The minimum absolute atomic E-state index is 0.00163. The Bertz CT molecular complexity index is 991. The van der Waals surface area contributed by atoms with E-state index < -0.39 is 21.6 Å². The molecule has 7 nitrogen and oxygen atoms in total. The fourth-order valence-corrected chi connectivity index (χ4v) is 4.02. The zero-order chi connectivity index (χ0) is 19.1. The Balaban J connectivity index is 2.17. The summed E-state index contributed by atoms with van der Waals surface area (Å²) in [6, 6.07) is 4.33. The number of carbonyl (C=O) groups is 2. The molecule has 1 aliphatic rings. The smallest absolute Gasteiger partial charge is 0.361 e. The molecule has 9 heteroatoms. The first-order valence-electron chi connectivity index (χ1n) is 7.95. The standard InChI is InChI=1S/C17H16BrNO6S/c1-3-24-17(21)14-13(16(25-19-14)9-4-5-9)15(20)11-7-6-10(18)8-12(11)26(2,22)23/h6-9H,3-5H2,1-2H3. The van der Waals surface area contributed by atoms with Crippen LogP contribution in [0.5, 0.6) is 0 Å². The fraction of sp³-hybridized carbons (Fsp3) is 0.353. The van der Waals surface area contributed by atoms with Crippen LogP contribution in [-0.2, 0) is 14.6 Å². The third kappa shape index (κ3) is 3.59. The van der Waals surface area contributed by atoms with Gasteiger partial charge in [0.15, 0.2) is 21.4 Å². The Morgan fingerprint density at radius 2 is 2.04 bits per heavy atom. The van der Waals surface area contributed by atoms with E-state index in [0.29, 0.717) is 10.2 Å². The van der Waals surface area contributed by atoms with Crippen molar-refractivity contribution in [2.24, 2.45) is 0 Å². The number of hydrogen-bond acceptors (Lipinski definition) is 7. The first kappa shape index (κ1) is 18.8. The molecular formula is C17H16BrNO6S. The van der Waals surface area contributed by atoms with E-state index in [1.165, 1.54) is 12.1 Å². The number of aromatic nitrogens is 1. The van der Waals surface area contributed by atoms with Crippen LogP contribution in [0.4, 0.5) is 0 Å². The number of hydrogen-bond donors (Lipinski definition) is 0. The molecule has 0 unspecified atom stereocenters. The van der Waals surface area contributed by atoms with E-state index in [4.69, 9.17) is 9.26 Å². The number of carbonyl (C=O) groups excluding carboxylic acids is 2. The average Bonchev–Trinajstić information content (AvgIpc) is 3.32. The largest absolute Gasteiger partial charge is 0.461 e. The maximum Gasteiger partial charge on any atom is 0.361 e. The number of nitrogens with zero attached hydrogens (tertiary/aromatic N) is 1. The summed E-state index contributed by atoms with van der Waals surface area (Å²) in [5.41, 5.74) is -0.273. The summed E-state index contributed by atoms with van der Waals surface area (Å²) >= 11 is 3.21. The van der Waals surface area contributed by atoms with Crippen LogP contribution in [0.3, 0.4) is 0 Å². The van der Waals surface area contributed by atoms with Gasteiger partial charge >= 0.3 is 5.97 Å². The van der Waals surface area contributed by atoms with Crippen LogP contribution in [-0.4, -0.2) is 38.2 Å². The minimum Gasteiger partial charge on any atom is -0.461 e. The molecule has 2 aromatic rings. The predicted molar refractivity (Wildman–Crippen MR) is 95.1 cm³/mol. The van der Waals surface area contributed by atoms with E-state index >= 15 is 0 Å². The Morgan fingerprint density at radius 3 is 2.62 bits per heavy atom. The summed E-state index contributed by atoms with van der Waals surface area (Å²) < 4.78 is 35.0. The molecule has 0 aliphatic heterocycles. The molecule has 26 heavy (non-hydrogen) atoms. The summed E-state index contributed by atoms with van der Waals surface area (Å²) in [7, 11) is -3.67. The second kappa shape index (κ2) is 6.96. The highest BCUT2D eigenvalue weighted by molar-refractivity contribution is 9.10. The maximum atomic E-state index is 13.2. The lowest BCUT2D eigenvalue weighted by molar-refractivity contribution is 0.0512. The van der Waals surface area contributed by atoms with Crippen LogP contribution in [0.15, 0.2) is 32.1 Å². The van der Waals surface area contributed by atoms with Gasteiger partial charge in [0.05, 0.1) is 11.5 Å². The number of halogens is 1. The zero-order valence-corrected chi connectivity index (χ0v) is 16.5. The Morgan fingerprint density at radius 1 is 1.35 bits per heavy atom. The van der Waals surface area contributed by atoms with E-state index in [-0.39, 0.29) is 34.2 Å². The number of esters is 1. The topological polar surface area (TPSA) is 104 Å². The quantitative estimate of drug-likeness (QED) is 0.500. The maximum absolute atomic E-state index is 13.2. The molecule has 1 aromatic carbocycles. The van der Waals surface area contributed by atoms with Crippen molar-refractivity contribution in [3.63, 3.8) is 0 Å². The SMILES string of the molecule is CCOC(=O)c1noc(C2CC2)c1C(=O)c1ccc(Br)cc1S(C)(=O)=O. The van der Waals surface area contributed by atoms with Gasteiger partial charge < -0.3 is 9.26 Å². The first-order chi connectivity index (χ1) is 12.2. The second-order valence-corrected chi connectivity index (χ2v) is 8.91. The van der Waals surface area contributed by atoms with Crippen LogP contribution < -0.4 is 0 Å². The zero-order valence-electron chi connectivity index (χ0n) is 14.1. The van der Waals surface area contributed by atoms with Crippen molar-refractivity contribution < 1.29 is 27.3 Å². The van der Waals surface area contributed by atoms with Crippen molar-refractivity contribution in [1.29, 1.82) is 0 Å². The van der Waals surface area contributed by atoms with Gasteiger partial charge in [0.25, 0.3) is 0 Å². The Labute approximate surface area is 158 Å². The average molecular weight is 442 g/mol. The van der Waals surface area contributed by atoms with Crippen LogP contribution in [0.25, 0.3) is 0 Å². The monoisotopic (exact) mass is 441 g/mol. The predicted octanol–water partition coefficient (Wildman–Crippen LogP) is 3.13. The molecule has 0 amide bonds. The second-order valence-electron chi connectivity index (χ2n) is 6.01. The minimum atomic E-state index is -3.67. The van der Waals surface area contributed by atoms with Gasteiger partial charge in [-0.05, 0) is 38.0 Å². The van der Waals surface area contributed by atoms with E-state index in [0.717, 1.165) is 19.1 Å². The molecule has 0 spiro atoms. The van der Waals surface area contributed by atoms with Gasteiger partial charge in [-0.1, -0.05) is 21.1 Å². The highest BCUT2D eigenvalue weighted by Crippen LogP contribution is 2.43. The number of ketones is 1. The van der Waals surface area contributed by atoms with Gasteiger partial charge in [-0.15, -0.1) is 0 Å². The molecule has 0 N–H and O–H groups in total. The van der Waals surface area contributed by atoms with Gasteiger partial charge in [-0.25, -0.2) is 13.2 Å². The van der Waals surface area contributed by atoms with Crippen molar-refractivity contribution in [2.75, 3.05) is 12.9 Å². The van der Waals surface area contributed by atoms with E-state index in [2.05, 4.69) is 21.1 Å². The van der Waals surface area contributed by atoms with Crippen LogP contribution in [0.1, 0.15) is 57.9 Å². The lowest BCUT2D eigenvalue weighted by Crippen LogP contribution is -2.15. The number of benzene rings is 1. The van der Waals surface area contributed by atoms with Crippen molar-refractivity contribution in [1.82, 2.24) is 5.16 Å². The van der Waals surface area contributed by atoms with Gasteiger partial charge in [-0.2, -0.15) is 0 Å². The molecule has 0 radical (unpaired) electrons. The Kier molecular flexibility index (Phi) is 5.03. The van der Waals surface area contributed by atoms with Gasteiger partial charge in [0, 0.05) is 22.2 Å². The molecule has 1 aromatic heterocycles. The molecule has 0 saturated heterocycles. The van der Waals surface area contributed by atoms with Crippen molar-refractivity contribution >= 4 is 37.5 Å². The van der Waals surface area contributed by atoms with Crippen molar-refractivity contribution in [3.05, 3.63) is 45.3 Å². The normalized spacial score (nSPS) is 14.3. The third-order valence-electron chi connectivity index (χ3n) is 3.95. The van der Waals surface area contributed by atoms with Gasteiger partial charge in [0.1, 0.15) is 5.56 Å². The summed E-state index contributed by atoms with van der Waals surface area (Å²) in [5.74, 6) is -1.09. The lowest BCUT2D eigenvalue weighted by Gasteiger charge is -2.09. The summed E-state index contributed by atoms with van der Waals surface area (Å²) in [4.78, 5) is 25.2.